The third-order valence-electron chi connectivity index (χ3n) is 4.09. The molecule has 0 saturated heterocycles. The van der Waals surface area contributed by atoms with Gasteiger partial charge in [0.15, 0.2) is 5.79 Å². The minimum atomic E-state index is -4.06. The number of rotatable bonds is 18. The van der Waals surface area contributed by atoms with E-state index < -0.39 is 27.6 Å². The van der Waals surface area contributed by atoms with Crippen LogP contribution in [0.25, 0.3) is 0 Å². The molecule has 0 amide bonds. The Morgan fingerprint density at radius 2 is 1.41 bits per heavy atom. The normalized spacial score (nSPS) is 12.3. The Morgan fingerprint density at radius 3 is 1.85 bits per heavy atom. The summed E-state index contributed by atoms with van der Waals surface area (Å²) < 4.78 is 47.0. The van der Waals surface area contributed by atoms with Crippen molar-refractivity contribution in [2.24, 2.45) is 0 Å². The van der Waals surface area contributed by atoms with Gasteiger partial charge in [0.2, 0.25) is 0 Å². The Bertz CT molecular complexity index is 462. The van der Waals surface area contributed by atoms with Crippen LogP contribution in [0, 0.1) is 0 Å². The van der Waals surface area contributed by atoms with Gasteiger partial charge < -0.3 is 14.2 Å². The fourth-order valence-electron chi connectivity index (χ4n) is 2.44. The average Bonchev–Trinajstić information content (AvgIpc) is 2.59. The highest BCUT2D eigenvalue weighted by molar-refractivity contribution is 7.85. The fourth-order valence-corrected chi connectivity index (χ4v) is 2.95. The van der Waals surface area contributed by atoms with Crippen LogP contribution in [-0.2, 0) is 29.1 Å². The van der Waals surface area contributed by atoms with Crippen molar-refractivity contribution in [2.45, 2.75) is 90.8 Å². The van der Waals surface area contributed by atoms with Crippen LogP contribution in [0.3, 0.4) is 0 Å². The minimum Gasteiger partial charge on any atom is -0.460 e. The molecular weight excluding hydrogens is 372 g/mol. The second kappa shape index (κ2) is 15.2. The summed E-state index contributed by atoms with van der Waals surface area (Å²) in [6.45, 7) is 7.08. The van der Waals surface area contributed by atoms with E-state index in [4.69, 9.17) is 18.8 Å². The lowest BCUT2D eigenvalue weighted by Gasteiger charge is -2.29. The molecule has 0 atom stereocenters. The molecule has 0 aromatic heterocycles. The van der Waals surface area contributed by atoms with Gasteiger partial charge in [0.25, 0.3) is 10.1 Å². The SMILES string of the molecule is CCCCCCOC(C)(COC(=O)CCCS(=O)(=O)O)OCCCCCC. The zero-order chi connectivity index (χ0) is 20.6. The summed E-state index contributed by atoms with van der Waals surface area (Å²) in [7, 11) is -4.06. The Labute approximate surface area is 164 Å². The van der Waals surface area contributed by atoms with Gasteiger partial charge in [0.05, 0.1) is 19.0 Å². The van der Waals surface area contributed by atoms with Crippen molar-refractivity contribution in [3.63, 3.8) is 0 Å². The summed E-state index contributed by atoms with van der Waals surface area (Å²) in [5.41, 5.74) is 0. The zero-order valence-corrected chi connectivity index (χ0v) is 18.0. The molecule has 0 aliphatic carbocycles. The summed E-state index contributed by atoms with van der Waals surface area (Å²) in [4.78, 5) is 11.8. The van der Waals surface area contributed by atoms with Crippen molar-refractivity contribution in [2.75, 3.05) is 25.6 Å². The molecule has 1 N–H and O–H groups in total. The van der Waals surface area contributed by atoms with E-state index in [0.717, 1.165) is 51.4 Å². The molecule has 0 aromatic rings. The molecule has 0 radical (unpaired) electrons. The highest BCUT2D eigenvalue weighted by atomic mass is 32.2. The van der Waals surface area contributed by atoms with Crippen LogP contribution in [0.15, 0.2) is 0 Å². The Balaban J connectivity index is 4.33. The highest BCUT2D eigenvalue weighted by Crippen LogP contribution is 2.17. The average molecular weight is 411 g/mol. The molecule has 0 aliphatic heterocycles. The second-order valence-electron chi connectivity index (χ2n) is 7.00. The molecule has 162 valence electrons. The van der Waals surface area contributed by atoms with Gasteiger partial charge in [-0.1, -0.05) is 52.4 Å². The van der Waals surface area contributed by atoms with Crippen molar-refractivity contribution >= 4 is 16.1 Å². The summed E-state index contributed by atoms with van der Waals surface area (Å²) in [6.07, 6.45) is 8.54. The molecular formula is C19H38O7S. The van der Waals surface area contributed by atoms with Crippen molar-refractivity contribution in [3.05, 3.63) is 0 Å². The summed E-state index contributed by atoms with van der Waals surface area (Å²) in [5, 5.41) is 0. The fraction of sp³-hybridized carbons (Fsp3) is 0.947. The van der Waals surface area contributed by atoms with Gasteiger partial charge in [-0.05, 0) is 26.2 Å². The number of esters is 1. The molecule has 27 heavy (non-hydrogen) atoms. The first kappa shape index (κ1) is 26.3. The first-order chi connectivity index (χ1) is 12.7. The third-order valence-corrected chi connectivity index (χ3v) is 4.89. The number of carbonyl (C=O) groups is 1. The summed E-state index contributed by atoms with van der Waals surface area (Å²) >= 11 is 0. The highest BCUT2D eigenvalue weighted by Gasteiger charge is 2.28. The lowest BCUT2D eigenvalue weighted by molar-refractivity contribution is -0.249. The van der Waals surface area contributed by atoms with E-state index in [2.05, 4.69) is 13.8 Å². The molecule has 0 unspecified atom stereocenters. The standard InChI is InChI=1S/C19H38O7S/c1-4-6-8-10-14-25-19(3,26-15-11-9-7-5-2)17-24-18(20)13-12-16-27(21,22)23/h4-17H2,1-3H3,(H,21,22,23). The van der Waals surface area contributed by atoms with Gasteiger partial charge in [-0.25, -0.2) is 0 Å². The van der Waals surface area contributed by atoms with Gasteiger partial charge in [-0.15, -0.1) is 0 Å². The van der Waals surface area contributed by atoms with Crippen molar-refractivity contribution in [3.8, 4) is 0 Å². The third kappa shape index (κ3) is 17.1. The van der Waals surface area contributed by atoms with E-state index in [-0.39, 0.29) is 19.4 Å². The molecule has 0 aliphatic rings. The number of unbranched alkanes of at least 4 members (excludes halogenated alkanes) is 6. The van der Waals surface area contributed by atoms with Crippen LogP contribution in [0.5, 0.6) is 0 Å². The quantitative estimate of drug-likeness (QED) is 0.157. The van der Waals surface area contributed by atoms with Crippen molar-refractivity contribution in [1.82, 2.24) is 0 Å². The maximum atomic E-state index is 11.8. The molecule has 0 saturated carbocycles. The number of carbonyl (C=O) groups excluding carboxylic acids is 1. The van der Waals surface area contributed by atoms with E-state index in [9.17, 15) is 13.2 Å². The Hall–Kier alpha value is -0.700. The van der Waals surface area contributed by atoms with E-state index in [1.807, 2.05) is 0 Å². The molecule has 0 spiro atoms. The smallest absolute Gasteiger partial charge is 0.306 e. The topological polar surface area (TPSA) is 99.1 Å². The van der Waals surface area contributed by atoms with Crippen LogP contribution in [0.1, 0.15) is 85.0 Å². The molecule has 0 fully saturated rings. The van der Waals surface area contributed by atoms with E-state index in [0.29, 0.717) is 13.2 Å². The van der Waals surface area contributed by atoms with Crippen molar-refractivity contribution in [1.29, 1.82) is 0 Å². The van der Waals surface area contributed by atoms with Crippen LogP contribution < -0.4 is 0 Å². The lowest BCUT2D eigenvalue weighted by Crippen LogP contribution is -2.39. The minimum absolute atomic E-state index is 0.0180. The maximum absolute atomic E-state index is 11.8. The molecule has 0 heterocycles. The predicted molar refractivity (Wildman–Crippen MR) is 105 cm³/mol. The van der Waals surface area contributed by atoms with Crippen LogP contribution in [0.2, 0.25) is 0 Å². The summed E-state index contributed by atoms with van der Waals surface area (Å²) in [6, 6.07) is 0. The summed E-state index contributed by atoms with van der Waals surface area (Å²) in [5.74, 6) is -1.99. The predicted octanol–water partition coefficient (Wildman–Crippen LogP) is 4.11. The van der Waals surface area contributed by atoms with Crippen LogP contribution >= 0.6 is 0 Å². The van der Waals surface area contributed by atoms with Gasteiger partial charge in [-0.3, -0.25) is 9.35 Å². The zero-order valence-electron chi connectivity index (χ0n) is 17.2. The van der Waals surface area contributed by atoms with Crippen LogP contribution in [0.4, 0.5) is 0 Å². The lowest BCUT2D eigenvalue weighted by atomic mass is 10.2. The number of hydrogen-bond acceptors (Lipinski definition) is 6. The van der Waals surface area contributed by atoms with Gasteiger partial charge >= 0.3 is 5.97 Å². The monoisotopic (exact) mass is 410 g/mol. The van der Waals surface area contributed by atoms with Gasteiger partial charge in [-0.2, -0.15) is 8.42 Å². The maximum Gasteiger partial charge on any atom is 0.306 e. The van der Waals surface area contributed by atoms with Gasteiger partial charge in [0, 0.05) is 6.42 Å². The first-order valence-electron chi connectivity index (χ1n) is 10.1. The molecule has 0 bridgehead atoms. The molecule has 0 rings (SSSR count). The van der Waals surface area contributed by atoms with E-state index in [1.165, 1.54) is 0 Å². The number of hydrogen-bond donors (Lipinski definition) is 1. The molecule has 0 aromatic carbocycles. The van der Waals surface area contributed by atoms with Gasteiger partial charge in [0.1, 0.15) is 6.61 Å². The van der Waals surface area contributed by atoms with E-state index in [1.54, 1.807) is 6.92 Å². The number of ether oxygens (including phenoxy) is 3. The Kier molecular flexibility index (Phi) is 14.9. The molecule has 7 nitrogen and oxygen atoms in total. The molecule has 8 heteroatoms. The largest absolute Gasteiger partial charge is 0.460 e. The Morgan fingerprint density at radius 1 is 0.889 bits per heavy atom. The second-order valence-corrected chi connectivity index (χ2v) is 8.57. The van der Waals surface area contributed by atoms with Crippen molar-refractivity contribution < 1.29 is 32.0 Å². The van der Waals surface area contributed by atoms with Crippen LogP contribution in [-0.4, -0.2) is 50.3 Å². The first-order valence-corrected chi connectivity index (χ1v) is 11.7. The van der Waals surface area contributed by atoms with E-state index >= 15 is 0 Å².